The van der Waals surface area contributed by atoms with Gasteiger partial charge in [0, 0.05) is 18.7 Å². The van der Waals surface area contributed by atoms with Gasteiger partial charge in [-0.15, -0.1) is 0 Å². The summed E-state index contributed by atoms with van der Waals surface area (Å²) in [5, 5.41) is 25.6. The van der Waals surface area contributed by atoms with Crippen molar-refractivity contribution in [1.82, 2.24) is 10.6 Å². The minimum absolute atomic E-state index is 0.0368. The number of carboxylic acid groups (broad SMARTS) is 1. The van der Waals surface area contributed by atoms with Gasteiger partial charge >= 0.3 is 5.97 Å². The molecule has 9 heteroatoms. The second-order valence-electron chi connectivity index (χ2n) is 12.6. The lowest BCUT2D eigenvalue weighted by Crippen LogP contribution is -2.50. The summed E-state index contributed by atoms with van der Waals surface area (Å²) in [6, 6.07) is 4.95. The molecule has 4 atom stereocenters. The Morgan fingerprint density at radius 3 is 2.45 bits per heavy atom. The third-order valence-electron chi connectivity index (χ3n) is 9.82. The van der Waals surface area contributed by atoms with Gasteiger partial charge in [0.05, 0.1) is 35.7 Å². The second kappa shape index (κ2) is 11.7. The summed E-state index contributed by atoms with van der Waals surface area (Å²) in [6.45, 7) is 2.43. The van der Waals surface area contributed by atoms with Gasteiger partial charge in [0.25, 0.3) is 5.91 Å². The van der Waals surface area contributed by atoms with Crippen LogP contribution in [0, 0.1) is 40.4 Å². The highest BCUT2D eigenvalue weighted by Crippen LogP contribution is 2.49. The number of aliphatic carboxylic acids is 1. The number of amides is 2. The molecule has 4 fully saturated rings. The van der Waals surface area contributed by atoms with Crippen LogP contribution in [-0.4, -0.2) is 48.7 Å². The molecule has 9 nitrogen and oxygen atoms in total. The van der Waals surface area contributed by atoms with Crippen molar-refractivity contribution in [3.8, 4) is 17.6 Å². The topological polar surface area (TPSA) is 138 Å². The summed E-state index contributed by atoms with van der Waals surface area (Å²) in [4.78, 5) is 38.5. The zero-order valence-corrected chi connectivity index (χ0v) is 23.5. The minimum atomic E-state index is -0.807. The van der Waals surface area contributed by atoms with Crippen LogP contribution in [0.2, 0.25) is 0 Å². The zero-order valence-electron chi connectivity index (χ0n) is 23.5. The van der Waals surface area contributed by atoms with Crippen molar-refractivity contribution in [3.63, 3.8) is 0 Å². The van der Waals surface area contributed by atoms with E-state index < -0.39 is 11.4 Å². The standard InChI is InChI=1S/C31H41N3O6/c1-31(30(37)38)11-9-22(10-12-31)40-24-16-23(25(39-2)15-21(24)17-32)28(35)34-27-20-8-7-19(14-20)26(27)29(36)33-13-3-4-18-5-6-18/h15-16,18-20,22,26-27H,3-14H2,1-2H3,(H,33,36)(H,34,35)(H,37,38). The molecule has 1 aromatic rings. The summed E-state index contributed by atoms with van der Waals surface area (Å²) in [6.07, 6.45) is 9.54. The van der Waals surface area contributed by atoms with Crippen LogP contribution in [0.25, 0.3) is 0 Å². The van der Waals surface area contributed by atoms with E-state index >= 15 is 0 Å². The maximum atomic E-state index is 13.6. The average Bonchev–Trinajstić information content (AvgIpc) is 3.56. The predicted octanol–water partition coefficient (Wildman–Crippen LogP) is 4.43. The monoisotopic (exact) mass is 551 g/mol. The van der Waals surface area contributed by atoms with Gasteiger partial charge in [-0.05, 0) is 88.5 Å². The lowest BCUT2D eigenvalue weighted by Gasteiger charge is -2.34. The number of carbonyl (C=O) groups excluding carboxylic acids is 2. The van der Waals surface area contributed by atoms with Crippen molar-refractivity contribution in [1.29, 1.82) is 5.26 Å². The van der Waals surface area contributed by atoms with E-state index in [-0.39, 0.29) is 64.3 Å². The Balaban J connectivity index is 1.28. The van der Waals surface area contributed by atoms with Gasteiger partial charge in [-0.3, -0.25) is 14.4 Å². The van der Waals surface area contributed by atoms with Crippen LogP contribution in [0.3, 0.4) is 0 Å². The molecule has 0 saturated heterocycles. The summed E-state index contributed by atoms with van der Waals surface area (Å²) < 4.78 is 11.7. The van der Waals surface area contributed by atoms with Crippen molar-refractivity contribution in [2.75, 3.05) is 13.7 Å². The average molecular weight is 552 g/mol. The van der Waals surface area contributed by atoms with Crippen LogP contribution in [0.1, 0.15) is 93.5 Å². The van der Waals surface area contributed by atoms with E-state index in [0.29, 0.717) is 32.2 Å². The first-order chi connectivity index (χ1) is 19.2. The number of nitrogens with zero attached hydrogens (tertiary/aromatic N) is 1. The van der Waals surface area contributed by atoms with E-state index in [2.05, 4.69) is 16.7 Å². The molecular formula is C31H41N3O6. The maximum absolute atomic E-state index is 13.6. The molecule has 4 aliphatic rings. The van der Waals surface area contributed by atoms with Gasteiger partial charge in [-0.25, -0.2) is 0 Å². The molecular weight excluding hydrogens is 510 g/mol. The summed E-state index contributed by atoms with van der Waals surface area (Å²) in [5.74, 6) is 0.582. The number of carboxylic acids is 1. The quantitative estimate of drug-likeness (QED) is 0.346. The lowest BCUT2D eigenvalue weighted by molar-refractivity contribution is -0.150. The lowest BCUT2D eigenvalue weighted by atomic mass is 9.75. The third-order valence-corrected chi connectivity index (χ3v) is 9.82. The first kappa shape index (κ1) is 28.3. The van der Waals surface area contributed by atoms with E-state index in [0.717, 1.165) is 31.6 Å². The Hall–Kier alpha value is -3.28. The normalized spacial score (nSPS) is 30.8. The highest BCUT2D eigenvalue weighted by molar-refractivity contribution is 5.98. The molecule has 0 spiro atoms. The number of carbonyl (C=O) groups is 3. The maximum Gasteiger partial charge on any atom is 0.309 e. The number of ether oxygens (including phenoxy) is 2. The number of hydrogen-bond acceptors (Lipinski definition) is 6. The van der Waals surface area contributed by atoms with Crippen molar-refractivity contribution >= 4 is 17.8 Å². The molecule has 40 heavy (non-hydrogen) atoms. The largest absolute Gasteiger partial charge is 0.496 e. The smallest absolute Gasteiger partial charge is 0.309 e. The fourth-order valence-electron chi connectivity index (χ4n) is 7.06. The van der Waals surface area contributed by atoms with Gasteiger partial charge in [-0.2, -0.15) is 5.26 Å². The molecule has 2 bridgehead atoms. The molecule has 216 valence electrons. The fraction of sp³-hybridized carbons (Fsp3) is 0.677. The van der Waals surface area contributed by atoms with Crippen molar-refractivity contribution in [3.05, 3.63) is 23.3 Å². The van der Waals surface area contributed by atoms with E-state index in [1.165, 1.54) is 32.4 Å². The molecule has 2 amide bonds. The Kier molecular flexibility index (Phi) is 8.25. The Labute approximate surface area is 236 Å². The SMILES string of the molecule is COc1cc(C#N)c(OC2CCC(C)(C(=O)O)CC2)cc1C(=O)NC1C2CCC(C2)C1C(=O)NCCCC1CC1. The Morgan fingerprint density at radius 1 is 1.07 bits per heavy atom. The molecule has 5 rings (SSSR count). The van der Waals surface area contributed by atoms with Gasteiger partial charge in [0.2, 0.25) is 5.91 Å². The van der Waals surface area contributed by atoms with Crippen molar-refractivity contribution in [2.24, 2.45) is 29.1 Å². The number of hydrogen-bond donors (Lipinski definition) is 3. The van der Waals surface area contributed by atoms with Crippen LogP contribution >= 0.6 is 0 Å². The van der Waals surface area contributed by atoms with Crippen LogP contribution in [0.5, 0.6) is 11.5 Å². The predicted molar refractivity (Wildman–Crippen MR) is 147 cm³/mol. The molecule has 3 N–H and O–H groups in total. The van der Waals surface area contributed by atoms with E-state index in [9.17, 15) is 24.8 Å². The van der Waals surface area contributed by atoms with E-state index in [1.54, 1.807) is 13.0 Å². The molecule has 4 unspecified atom stereocenters. The number of fused-ring (bicyclic) bond motifs is 2. The minimum Gasteiger partial charge on any atom is -0.496 e. The highest BCUT2D eigenvalue weighted by Gasteiger charge is 2.51. The number of benzene rings is 1. The molecule has 0 heterocycles. The fourth-order valence-corrected chi connectivity index (χ4v) is 7.06. The van der Waals surface area contributed by atoms with Gasteiger partial charge < -0.3 is 25.2 Å². The molecule has 4 aliphatic carbocycles. The van der Waals surface area contributed by atoms with E-state index in [4.69, 9.17) is 9.47 Å². The van der Waals surface area contributed by atoms with Crippen molar-refractivity contribution < 1.29 is 29.0 Å². The molecule has 0 radical (unpaired) electrons. The van der Waals surface area contributed by atoms with Crippen LogP contribution in [-0.2, 0) is 9.59 Å². The van der Waals surface area contributed by atoms with Crippen LogP contribution in [0.4, 0.5) is 0 Å². The molecule has 4 saturated carbocycles. The third kappa shape index (κ3) is 5.91. The number of nitriles is 1. The number of rotatable bonds is 11. The van der Waals surface area contributed by atoms with Crippen LogP contribution in [0.15, 0.2) is 12.1 Å². The van der Waals surface area contributed by atoms with Gasteiger partial charge in [0.15, 0.2) is 0 Å². The molecule has 0 aromatic heterocycles. The molecule has 0 aliphatic heterocycles. The molecule has 1 aromatic carbocycles. The highest BCUT2D eigenvalue weighted by atomic mass is 16.5. The first-order valence-electron chi connectivity index (χ1n) is 14.8. The number of nitrogens with one attached hydrogen (secondary N) is 2. The Morgan fingerprint density at radius 2 is 1.80 bits per heavy atom. The zero-order chi connectivity index (χ0) is 28.4. The summed E-state index contributed by atoms with van der Waals surface area (Å²) >= 11 is 0. The number of methoxy groups -OCH3 is 1. The van der Waals surface area contributed by atoms with Crippen LogP contribution < -0.4 is 20.1 Å². The summed E-state index contributed by atoms with van der Waals surface area (Å²) in [7, 11) is 1.46. The first-order valence-corrected chi connectivity index (χ1v) is 14.8. The Bertz CT molecular complexity index is 1180. The van der Waals surface area contributed by atoms with Crippen molar-refractivity contribution in [2.45, 2.75) is 89.7 Å². The van der Waals surface area contributed by atoms with Gasteiger partial charge in [-0.1, -0.05) is 12.8 Å². The van der Waals surface area contributed by atoms with Gasteiger partial charge in [0.1, 0.15) is 17.6 Å². The second-order valence-corrected chi connectivity index (χ2v) is 12.6. The summed E-state index contributed by atoms with van der Waals surface area (Å²) in [5.41, 5.74) is -0.263. The van der Waals surface area contributed by atoms with E-state index in [1.807, 2.05) is 0 Å².